The van der Waals surface area contributed by atoms with Gasteiger partial charge in [0.15, 0.2) is 5.78 Å². The maximum Gasteiger partial charge on any atom is 0.254 e. The molecular formula is C20H21N3O2. The van der Waals surface area contributed by atoms with E-state index >= 15 is 0 Å². The van der Waals surface area contributed by atoms with Crippen LogP contribution in [-0.2, 0) is 17.6 Å². The molecule has 0 saturated carbocycles. The molecule has 128 valence electrons. The van der Waals surface area contributed by atoms with Crippen molar-refractivity contribution in [2.45, 2.75) is 19.8 Å². The first-order chi connectivity index (χ1) is 12.1. The number of nitrogens with zero attached hydrogens (tertiary/aromatic N) is 2. The first-order valence-electron chi connectivity index (χ1n) is 8.35. The maximum atomic E-state index is 12.6. The number of H-pyrrole nitrogens is 1. The van der Waals surface area contributed by atoms with Gasteiger partial charge < -0.3 is 9.88 Å². The van der Waals surface area contributed by atoms with Crippen LogP contribution in [0.5, 0.6) is 0 Å². The lowest BCUT2D eigenvalue weighted by Crippen LogP contribution is -2.32. The minimum Gasteiger partial charge on any atom is -0.345 e. The third-order valence-electron chi connectivity index (χ3n) is 4.31. The second-order valence-electron chi connectivity index (χ2n) is 6.13. The van der Waals surface area contributed by atoms with Gasteiger partial charge in [-0.15, -0.1) is 0 Å². The number of rotatable bonds is 6. The molecule has 0 radical (unpaired) electrons. The van der Waals surface area contributed by atoms with E-state index in [0.29, 0.717) is 12.0 Å². The molecule has 5 nitrogen and oxygen atoms in total. The summed E-state index contributed by atoms with van der Waals surface area (Å²) >= 11 is 0. The highest BCUT2D eigenvalue weighted by Gasteiger charge is 2.16. The molecule has 0 saturated heterocycles. The number of carbonyl (C=O) groups excluding carboxylic acids is 2. The smallest absolute Gasteiger partial charge is 0.254 e. The van der Waals surface area contributed by atoms with Crippen LogP contribution in [0.1, 0.15) is 28.4 Å². The predicted octanol–water partition coefficient (Wildman–Crippen LogP) is 3.01. The van der Waals surface area contributed by atoms with Crippen LogP contribution >= 0.6 is 0 Å². The molecule has 0 aliphatic carbocycles. The van der Waals surface area contributed by atoms with Crippen molar-refractivity contribution < 1.29 is 9.59 Å². The molecule has 0 spiro atoms. The Balaban J connectivity index is 1.67. The zero-order valence-electron chi connectivity index (χ0n) is 14.5. The number of aryl methyl sites for hydroxylation is 1. The average Bonchev–Trinajstić information content (AvgIpc) is 3.09. The lowest BCUT2D eigenvalue weighted by atomic mass is 10.0. The molecule has 1 aromatic heterocycles. The molecule has 3 aromatic rings. The summed E-state index contributed by atoms with van der Waals surface area (Å²) in [5, 5.41) is 0. The van der Waals surface area contributed by atoms with Gasteiger partial charge in [-0.25, -0.2) is 4.98 Å². The predicted molar refractivity (Wildman–Crippen MR) is 97.6 cm³/mol. The number of ketones is 1. The van der Waals surface area contributed by atoms with Crippen molar-refractivity contribution in [1.29, 1.82) is 0 Å². The van der Waals surface area contributed by atoms with E-state index in [1.54, 1.807) is 31.6 Å². The molecule has 0 fully saturated rings. The quantitative estimate of drug-likeness (QED) is 0.753. The van der Waals surface area contributed by atoms with Crippen molar-refractivity contribution in [3.8, 4) is 0 Å². The van der Waals surface area contributed by atoms with Crippen LogP contribution in [0.15, 0.2) is 48.8 Å². The fourth-order valence-electron chi connectivity index (χ4n) is 2.97. The highest BCUT2D eigenvalue weighted by atomic mass is 16.2. The third-order valence-corrected chi connectivity index (χ3v) is 4.31. The normalized spacial score (nSPS) is 10.8. The molecule has 2 aromatic carbocycles. The molecule has 1 amide bonds. The summed E-state index contributed by atoms with van der Waals surface area (Å²) < 4.78 is 0. The van der Waals surface area contributed by atoms with Crippen molar-refractivity contribution in [3.63, 3.8) is 0 Å². The summed E-state index contributed by atoms with van der Waals surface area (Å²) in [5.74, 6) is -0.145. The van der Waals surface area contributed by atoms with Crippen molar-refractivity contribution in [2.24, 2.45) is 0 Å². The Bertz CT molecular complexity index is 914. The van der Waals surface area contributed by atoms with Gasteiger partial charge in [0.2, 0.25) is 0 Å². The van der Waals surface area contributed by atoms with Crippen molar-refractivity contribution in [3.05, 3.63) is 65.5 Å². The van der Waals surface area contributed by atoms with E-state index in [9.17, 15) is 9.59 Å². The number of hydrogen-bond acceptors (Lipinski definition) is 3. The largest absolute Gasteiger partial charge is 0.345 e. The van der Waals surface area contributed by atoms with Gasteiger partial charge in [-0.1, -0.05) is 31.2 Å². The molecule has 0 aliphatic rings. The Morgan fingerprint density at radius 3 is 2.64 bits per heavy atom. The average molecular weight is 335 g/mol. The fourth-order valence-corrected chi connectivity index (χ4v) is 2.97. The first kappa shape index (κ1) is 16.9. The van der Waals surface area contributed by atoms with Crippen LogP contribution in [-0.4, -0.2) is 40.2 Å². The zero-order chi connectivity index (χ0) is 17.8. The molecule has 1 heterocycles. The number of aromatic amines is 1. The lowest BCUT2D eigenvalue weighted by molar-refractivity contribution is -0.118. The summed E-state index contributed by atoms with van der Waals surface area (Å²) in [4.78, 5) is 33.5. The summed E-state index contributed by atoms with van der Waals surface area (Å²) in [7, 11) is 1.66. The minimum absolute atomic E-state index is 0.0272. The summed E-state index contributed by atoms with van der Waals surface area (Å²) in [6, 6.07) is 13.2. The van der Waals surface area contributed by atoms with Crippen LogP contribution in [0.2, 0.25) is 0 Å². The molecule has 3 rings (SSSR count). The second kappa shape index (κ2) is 7.30. The van der Waals surface area contributed by atoms with Crippen LogP contribution in [0.4, 0.5) is 0 Å². The van der Waals surface area contributed by atoms with E-state index in [2.05, 4.69) is 16.9 Å². The highest BCUT2D eigenvalue weighted by molar-refractivity contribution is 5.99. The summed E-state index contributed by atoms with van der Waals surface area (Å²) in [5.41, 5.74) is 4.37. The Morgan fingerprint density at radius 2 is 1.88 bits per heavy atom. The SMILES string of the molecule is CCc1ccccc1CC(=O)CN(C)C(=O)c1ccc2nc[nH]c2c1. The van der Waals surface area contributed by atoms with Gasteiger partial charge in [-0.3, -0.25) is 9.59 Å². The number of hydrogen-bond donors (Lipinski definition) is 1. The number of amides is 1. The Kier molecular flexibility index (Phi) is 4.93. The Labute approximate surface area is 146 Å². The third kappa shape index (κ3) is 3.76. The standard InChI is InChI=1S/C20H21N3O2/c1-3-14-6-4-5-7-15(14)10-17(24)12-23(2)20(25)16-8-9-18-19(11-16)22-13-21-18/h4-9,11,13H,3,10,12H2,1-2H3,(H,21,22). The minimum atomic E-state index is -0.173. The zero-order valence-corrected chi connectivity index (χ0v) is 14.5. The highest BCUT2D eigenvalue weighted by Crippen LogP contribution is 2.14. The number of benzene rings is 2. The van der Waals surface area contributed by atoms with E-state index in [-0.39, 0.29) is 18.2 Å². The molecule has 0 atom stereocenters. The summed E-state index contributed by atoms with van der Waals surface area (Å²) in [6.45, 7) is 2.17. The molecular weight excluding hydrogens is 314 g/mol. The topological polar surface area (TPSA) is 66.1 Å². The van der Waals surface area contributed by atoms with Gasteiger partial charge in [0.25, 0.3) is 5.91 Å². The van der Waals surface area contributed by atoms with Gasteiger partial charge in [-0.05, 0) is 35.7 Å². The van der Waals surface area contributed by atoms with Gasteiger partial charge in [0.05, 0.1) is 23.9 Å². The number of aromatic nitrogens is 2. The fraction of sp³-hybridized carbons (Fsp3) is 0.250. The molecule has 1 N–H and O–H groups in total. The van der Waals surface area contributed by atoms with Crippen LogP contribution < -0.4 is 0 Å². The van der Waals surface area contributed by atoms with E-state index in [4.69, 9.17) is 0 Å². The van der Waals surface area contributed by atoms with Crippen LogP contribution in [0, 0.1) is 0 Å². The van der Waals surface area contributed by atoms with E-state index in [1.165, 1.54) is 10.5 Å². The maximum absolute atomic E-state index is 12.6. The van der Waals surface area contributed by atoms with E-state index in [0.717, 1.165) is 23.0 Å². The van der Waals surface area contributed by atoms with Gasteiger partial charge in [0.1, 0.15) is 0 Å². The molecule has 25 heavy (non-hydrogen) atoms. The van der Waals surface area contributed by atoms with Gasteiger partial charge in [0, 0.05) is 19.0 Å². The molecule has 5 heteroatoms. The van der Waals surface area contributed by atoms with Gasteiger partial charge in [-0.2, -0.15) is 0 Å². The number of nitrogens with one attached hydrogen (secondary N) is 1. The molecule has 0 bridgehead atoms. The van der Waals surface area contributed by atoms with Crippen LogP contribution in [0.3, 0.4) is 0 Å². The van der Waals surface area contributed by atoms with Crippen molar-refractivity contribution in [2.75, 3.05) is 13.6 Å². The van der Waals surface area contributed by atoms with Crippen molar-refractivity contribution >= 4 is 22.7 Å². The lowest BCUT2D eigenvalue weighted by Gasteiger charge is -2.17. The Hall–Kier alpha value is -2.95. The number of Topliss-reactive ketones (excluding diaryl/α,β-unsaturated/α-hetero) is 1. The Morgan fingerprint density at radius 1 is 1.12 bits per heavy atom. The summed E-state index contributed by atoms with van der Waals surface area (Å²) in [6.07, 6.45) is 2.83. The van der Waals surface area contributed by atoms with Crippen LogP contribution in [0.25, 0.3) is 11.0 Å². The van der Waals surface area contributed by atoms with E-state index < -0.39 is 0 Å². The molecule has 0 unspecified atom stereocenters. The second-order valence-corrected chi connectivity index (χ2v) is 6.13. The monoisotopic (exact) mass is 335 g/mol. The molecule has 0 aliphatic heterocycles. The van der Waals surface area contributed by atoms with Gasteiger partial charge >= 0.3 is 0 Å². The van der Waals surface area contributed by atoms with E-state index in [1.807, 2.05) is 24.3 Å². The number of carbonyl (C=O) groups is 2. The first-order valence-corrected chi connectivity index (χ1v) is 8.35. The number of fused-ring (bicyclic) bond motifs is 1. The van der Waals surface area contributed by atoms with Crippen molar-refractivity contribution in [1.82, 2.24) is 14.9 Å². The number of imidazole rings is 1. The number of likely N-dealkylation sites (N-methyl/N-ethyl adjacent to an activating group) is 1.